The van der Waals surface area contributed by atoms with Crippen LogP contribution in [0.15, 0.2) is 53.4 Å². The predicted molar refractivity (Wildman–Crippen MR) is 88.4 cm³/mol. The van der Waals surface area contributed by atoms with E-state index in [1.165, 1.54) is 0 Å². The Labute approximate surface area is 133 Å². The van der Waals surface area contributed by atoms with E-state index in [9.17, 15) is 4.79 Å². The molecule has 1 N–H and O–H groups in total. The number of carbonyl (C=O) groups excluding carboxylic acids is 1. The van der Waals surface area contributed by atoms with Gasteiger partial charge in [-0.25, -0.2) is 0 Å². The third-order valence-corrected chi connectivity index (χ3v) is 3.87. The lowest BCUT2D eigenvalue weighted by Gasteiger charge is -2.16. The molecule has 0 heterocycles. The summed E-state index contributed by atoms with van der Waals surface area (Å²) >= 11 is 7.48. The number of para-hydroxylation sites is 1. The maximum Gasteiger partial charge on any atom is 0.265 e. The van der Waals surface area contributed by atoms with Crippen molar-refractivity contribution in [1.29, 1.82) is 0 Å². The van der Waals surface area contributed by atoms with Crippen molar-refractivity contribution in [3.8, 4) is 5.75 Å². The normalized spacial score (nSPS) is 11.8. The minimum atomic E-state index is -0.613. The second kappa shape index (κ2) is 7.38. The SMILES string of the molecule is CSc1ccccc1NC(=O)[C@H](C)Oc1cccc(Cl)c1. The average molecular weight is 322 g/mol. The Balaban J connectivity index is 2.02. The van der Waals surface area contributed by atoms with Crippen LogP contribution >= 0.6 is 23.4 Å². The van der Waals surface area contributed by atoms with Crippen LogP contribution in [0.5, 0.6) is 5.75 Å². The number of ether oxygens (including phenoxy) is 1. The van der Waals surface area contributed by atoms with Crippen LogP contribution in [0.3, 0.4) is 0 Å². The van der Waals surface area contributed by atoms with Crippen molar-refractivity contribution in [2.45, 2.75) is 17.9 Å². The molecule has 1 atom stereocenters. The first-order valence-electron chi connectivity index (χ1n) is 6.46. The van der Waals surface area contributed by atoms with E-state index in [1.54, 1.807) is 43.0 Å². The van der Waals surface area contributed by atoms with E-state index < -0.39 is 6.10 Å². The lowest BCUT2D eigenvalue weighted by molar-refractivity contribution is -0.122. The molecule has 0 aliphatic carbocycles. The van der Waals surface area contributed by atoms with Gasteiger partial charge in [0.2, 0.25) is 0 Å². The van der Waals surface area contributed by atoms with Gasteiger partial charge in [-0.05, 0) is 43.5 Å². The first-order chi connectivity index (χ1) is 10.1. The van der Waals surface area contributed by atoms with E-state index in [4.69, 9.17) is 16.3 Å². The summed E-state index contributed by atoms with van der Waals surface area (Å²) in [6, 6.07) is 14.6. The van der Waals surface area contributed by atoms with Crippen LogP contribution in [-0.4, -0.2) is 18.3 Å². The molecule has 3 nitrogen and oxygen atoms in total. The Morgan fingerprint density at radius 1 is 1.24 bits per heavy atom. The first-order valence-corrected chi connectivity index (χ1v) is 8.06. The molecular weight excluding hydrogens is 306 g/mol. The minimum absolute atomic E-state index is 0.198. The Hall–Kier alpha value is -1.65. The molecule has 2 aromatic rings. The largest absolute Gasteiger partial charge is 0.481 e. The van der Waals surface area contributed by atoms with Gasteiger partial charge in [-0.2, -0.15) is 0 Å². The van der Waals surface area contributed by atoms with E-state index in [0.717, 1.165) is 10.6 Å². The molecule has 0 spiro atoms. The zero-order chi connectivity index (χ0) is 15.2. The molecule has 110 valence electrons. The fourth-order valence-corrected chi connectivity index (χ4v) is 2.51. The van der Waals surface area contributed by atoms with Crippen LogP contribution in [0.1, 0.15) is 6.92 Å². The molecule has 0 aromatic heterocycles. The van der Waals surface area contributed by atoms with Crippen molar-refractivity contribution in [3.05, 3.63) is 53.6 Å². The number of carbonyl (C=O) groups is 1. The summed E-state index contributed by atoms with van der Waals surface area (Å²) in [6.45, 7) is 1.71. The fraction of sp³-hybridized carbons (Fsp3) is 0.188. The van der Waals surface area contributed by atoms with Gasteiger partial charge in [0.15, 0.2) is 6.10 Å². The number of nitrogens with one attached hydrogen (secondary N) is 1. The molecule has 0 aliphatic heterocycles. The maximum absolute atomic E-state index is 12.2. The van der Waals surface area contributed by atoms with Crippen molar-refractivity contribution >= 4 is 35.0 Å². The number of amides is 1. The van der Waals surface area contributed by atoms with E-state index in [0.29, 0.717) is 10.8 Å². The monoisotopic (exact) mass is 321 g/mol. The number of rotatable bonds is 5. The summed E-state index contributed by atoms with van der Waals surface area (Å²) in [4.78, 5) is 13.2. The Bertz CT molecular complexity index is 633. The molecule has 21 heavy (non-hydrogen) atoms. The van der Waals surface area contributed by atoms with E-state index in [-0.39, 0.29) is 5.91 Å². The van der Waals surface area contributed by atoms with Crippen LogP contribution in [0, 0.1) is 0 Å². The zero-order valence-corrected chi connectivity index (χ0v) is 13.4. The van der Waals surface area contributed by atoms with Crippen molar-refractivity contribution in [2.24, 2.45) is 0 Å². The maximum atomic E-state index is 12.2. The predicted octanol–water partition coefficient (Wildman–Crippen LogP) is 4.47. The topological polar surface area (TPSA) is 38.3 Å². The number of benzene rings is 2. The second-order valence-electron chi connectivity index (χ2n) is 4.41. The van der Waals surface area contributed by atoms with Crippen molar-refractivity contribution in [3.63, 3.8) is 0 Å². The fourth-order valence-electron chi connectivity index (χ4n) is 1.78. The van der Waals surface area contributed by atoms with E-state index in [2.05, 4.69) is 5.32 Å². The zero-order valence-electron chi connectivity index (χ0n) is 11.8. The highest BCUT2D eigenvalue weighted by atomic mass is 35.5. The Morgan fingerprint density at radius 2 is 2.00 bits per heavy atom. The molecule has 2 aromatic carbocycles. The molecule has 5 heteroatoms. The summed E-state index contributed by atoms with van der Waals surface area (Å²) < 4.78 is 5.60. The molecule has 0 saturated carbocycles. The number of halogens is 1. The van der Waals surface area contributed by atoms with Crippen LogP contribution in [0.4, 0.5) is 5.69 Å². The molecule has 0 radical (unpaired) electrons. The van der Waals surface area contributed by atoms with Gasteiger partial charge in [-0.15, -0.1) is 11.8 Å². The lowest BCUT2D eigenvalue weighted by atomic mass is 10.3. The van der Waals surface area contributed by atoms with Gasteiger partial charge in [0, 0.05) is 9.92 Å². The second-order valence-corrected chi connectivity index (χ2v) is 5.69. The molecule has 0 bridgehead atoms. The van der Waals surface area contributed by atoms with Crippen molar-refractivity contribution in [1.82, 2.24) is 0 Å². The summed E-state index contributed by atoms with van der Waals surface area (Å²) in [7, 11) is 0. The lowest BCUT2D eigenvalue weighted by Crippen LogP contribution is -2.30. The standard InChI is InChI=1S/C16H16ClNO2S/c1-11(20-13-7-5-6-12(17)10-13)16(19)18-14-8-3-4-9-15(14)21-2/h3-11H,1-2H3,(H,18,19)/t11-/m0/s1. The summed E-state index contributed by atoms with van der Waals surface area (Å²) in [6.07, 6.45) is 1.36. The van der Waals surface area contributed by atoms with Gasteiger partial charge < -0.3 is 10.1 Å². The van der Waals surface area contributed by atoms with E-state index >= 15 is 0 Å². The Morgan fingerprint density at radius 3 is 2.71 bits per heavy atom. The van der Waals surface area contributed by atoms with Crippen molar-refractivity contribution in [2.75, 3.05) is 11.6 Å². The molecule has 0 fully saturated rings. The highest BCUT2D eigenvalue weighted by Crippen LogP contribution is 2.25. The molecular formula is C16H16ClNO2S. The third-order valence-electron chi connectivity index (χ3n) is 2.84. The van der Waals surface area contributed by atoms with Gasteiger partial charge in [-0.3, -0.25) is 4.79 Å². The molecule has 0 aliphatic rings. The number of hydrogen-bond acceptors (Lipinski definition) is 3. The average Bonchev–Trinajstić information content (AvgIpc) is 2.47. The molecule has 2 rings (SSSR count). The summed E-state index contributed by atoms with van der Waals surface area (Å²) in [5.74, 6) is 0.375. The van der Waals surface area contributed by atoms with Crippen LogP contribution in [0.25, 0.3) is 0 Å². The first kappa shape index (κ1) is 15.7. The molecule has 1 amide bonds. The number of anilines is 1. The number of thioether (sulfide) groups is 1. The van der Waals surface area contributed by atoms with Crippen LogP contribution < -0.4 is 10.1 Å². The smallest absolute Gasteiger partial charge is 0.265 e. The highest BCUT2D eigenvalue weighted by molar-refractivity contribution is 7.98. The minimum Gasteiger partial charge on any atom is -0.481 e. The summed E-state index contributed by atoms with van der Waals surface area (Å²) in [5, 5.41) is 3.46. The molecule has 0 saturated heterocycles. The van der Waals surface area contributed by atoms with Gasteiger partial charge in [-0.1, -0.05) is 29.8 Å². The molecule has 0 unspecified atom stereocenters. The van der Waals surface area contributed by atoms with Crippen LogP contribution in [-0.2, 0) is 4.79 Å². The quantitative estimate of drug-likeness (QED) is 0.826. The van der Waals surface area contributed by atoms with E-state index in [1.807, 2.05) is 30.5 Å². The van der Waals surface area contributed by atoms with Crippen molar-refractivity contribution < 1.29 is 9.53 Å². The Kier molecular flexibility index (Phi) is 5.53. The van der Waals surface area contributed by atoms with Crippen LogP contribution in [0.2, 0.25) is 5.02 Å². The number of hydrogen-bond donors (Lipinski definition) is 1. The highest BCUT2D eigenvalue weighted by Gasteiger charge is 2.16. The summed E-state index contributed by atoms with van der Waals surface area (Å²) in [5.41, 5.74) is 0.788. The van der Waals surface area contributed by atoms with Gasteiger partial charge in [0.1, 0.15) is 5.75 Å². The van der Waals surface area contributed by atoms with Gasteiger partial charge in [0.05, 0.1) is 5.69 Å². The van der Waals surface area contributed by atoms with Gasteiger partial charge >= 0.3 is 0 Å². The third kappa shape index (κ3) is 4.41. The van der Waals surface area contributed by atoms with Gasteiger partial charge in [0.25, 0.3) is 5.91 Å².